The fraction of sp³-hybridized carbons (Fsp3) is 0.143. The number of carbonyl (C=O) groups excluding carboxylic acids is 1. The van der Waals surface area contributed by atoms with Crippen molar-refractivity contribution in [3.05, 3.63) is 84.1 Å². The molecule has 27 heavy (non-hydrogen) atoms. The summed E-state index contributed by atoms with van der Waals surface area (Å²) < 4.78 is 9.85. The van der Waals surface area contributed by atoms with E-state index >= 15 is 0 Å². The Hall–Kier alpha value is -2.86. The number of phenolic OH excluding ortho intramolecular Hbond substituents is 1. The Morgan fingerprint density at radius 3 is 2.63 bits per heavy atom. The van der Waals surface area contributed by atoms with Gasteiger partial charge >= 0.3 is 0 Å². The Bertz CT molecular complexity index is 1050. The molecule has 2 aromatic carbocycles. The normalized spacial score (nSPS) is 10.7. The predicted molar refractivity (Wildman–Crippen MR) is 97.1 cm³/mol. The average Bonchev–Trinajstić information content (AvgIpc) is 3.20. The van der Waals surface area contributed by atoms with Crippen molar-refractivity contribution >= 4 is 16.8 Å². The predicted octanol–water partition coefficient (Wildman–Crippen LogP) is 0.471. The van der Waals surface area contributed by atoms with E-state index < -0.39 is 0 Å². The molecule has 0 fully saturated rings. The fourth-order valence-corrected chi connectivity index (χ4v) is 3.05. The molecule has 0 bridgehead atoms. The van der Waals surface area contributed by atoms with E-state index in [1.807, 2.05) is 54.2 Å². The number of halogens is 1. The number of furan rings is 1. The molecular weight excluding hydrogens is 408 g/mol. The number of fused-ring (bicyclic) bond motifs is 1. The standard InChI is InChI=1S/C21H18N2O3.BrH/c1-15-22(13-19-12-17-4-2-3-5-21(17)26-19)10-11-23(15)14-20(25)16-6-8-18(24)9-7-16;/h2-12H,13-14H2,1H3;1H. The van der Waals surface area contributed by atoms with Crippen molar-refractivity contribution in [1.82, 2.24) is 4.57 Å². The SMILES string of the molecule is Cc1n(Cc2cc3ccccc3o2)cc[n+]1CC(=O)c1ccc(O)cc1.[Br-]. The van der Waals surface area contributed by atoms with Crippen LogP contribution >= 0.6 is 0 Å². The van der Waals surface area contributed by atoms with Crippen LogP contribution < -0.4 is 21.5 Å². The lowest BCUT2D eigenvalue weighted by Crippen LogP contribution is -3.00. The molecule has 138 valence electrons. The first-order valence-corrected chi connectivity index (χ1v) is 8.45. The minimum Gasteiger partial charge on any atom is -1.00 e. The van der Waals surface area contributed by atoms with Gasteiger partial charge in [0.1, 0.15) is 36.0 Å². The topological polar surface area (TPSA) is 59.2 Å². The number of Topliss-reactive ketones (excluding diaryl/α,β-unsaturated/α-hetero) is 1. The molecule has 0 saturated carbocycles. The monoisotopic (exact) mass is 426 g/mol. The summed E-state index contributed by atoms with van der Waals surface area (Å²) in [4.78, 5) is 12.4. The summed E-state index contributed by atoms with van der Waals surface area (Å²) in [6, 6.07) is 16.3. The number of carbonyl (C=O) groups is 1. The highest BCUT2D eigenvalue weighted by molar-refractivity contribution is 5.95. The zero-order valence-electron chi connectivity index (χ0n) is 14.8. The van der Waals surface area contributed by atoms with Crippen LogP contribution in [-0.2, 0) is 13.1 Å². The van der Waals surface area contributed by atoms with E-state index in [4.69, 9.17) is 4.42 Å². The number of hydrogen-bond donors (Lipinski definition) is 1. The van der Waals surface area contributed by atoms with Gasteiger partial charge in [-0.25, -0.2) is 9.13 Å². The van der Waals surface area contributed by atoms with E-state index in [1.165, 1.54) is 12.1 Å². The van der Waals surface area contributed by atoms with E-state index in [-0.39, 0.29) is 35.1 Å². The maximum Gasteiger partial charge on any atom is 0.254 e. The Morgan fingerprint density at radius 1 is 1.15 bits per heavy atom. The maximum absolute atomic E-state index is 12.4. The zero-order valence-corrected chi connectivity index (χ0v) is 16.4. The number of benzene rings is 2. The first-order chi connectivity index (χ1) is 12.6. The number of imidazole rings is 1. The zero-order chi connectivity index (χ0) is 18.1. The molecule has 0 radical (unpaired) electrons. The molecule has 0 amide bonds. The first kappa shape index (κ1) is 18.9. The van der Waals surface area contributed by atoms with Crippen molar-refractivity contribution in [3.8, 4) is 5.75 Å². The summed E-state index contributed by atoms with van der Waals surface area (Å²) in [6.45, 7) is 2.84. The van der Waals surface area contributed by atoms with E-state index in [2.05, 4.69) is 4.57 Å². The number of aromatic hydroxyl groups is 1. The van der Waals surface area contributed by atoms with Gasteiger partial charge in [0.25, 0.3) is 5.82 Å². The Labute approximate surface area is 167 Å². The van der Waals surface area contributed by atoms with Crippen LogP contribution in [0.4, 0.5) is 0 Å². The first-order valence-electron chi connectivity index (χ1n) is 8.45. The molecule has 0 aliphatic carbocycles. The minimum atomic E-state index is -0.000382. The second kappa shape index (κ2) is 7.80. The van der Waals surface area contributed by atoms with Gasteiger partial charge in [0, 0.05) is 17.9 Å². The number of para-hydroxylation sites is 1. The summed E-state index contributed by atoms with van der Waals surface area (Å²) in [7, 11) is 0. The number of rotatable bonds is 5. The summed E-state index contributed by atoms with van der Waals surface area (Å²) in [5.41, 5.74) is 1.46. The lowest BCUT2D eigenvalue weighted by molar-refractivity contribution is -0.688. The van der Waals surface area contributed by atoms with Gasteiger partial charge in [-0.15, -0.1) is 0 Å². The molecule has 2 aromatic heterocycles. The molecule has 4 aromatic rings. The molecule has 0 saturated heterocycles. The largest absolute Gasteiger partial charge is 1.00 e. The lowest BCUT2D eigenvalue weighted by atomic mass is 10.1. The van der Waals surface area contributed by atoms with E-state index in [9.17, 15) is 9.90 Å². The van der Waals surface area contributed by atoms with Crippen LogP contribution in [-0.4, -0.2) is 15.5 Å². The number of hydrogen-bond acceptors (Lipinski definition) is 3. The van der Waals surface area contributed by atoms with E-state index in [1.54, 1.807) is 12.1 Å². The third-order valence-corrected chi connectivity index (χ3v) is 4.56. The van der Waals surface area contributed by atoms with Crippen LogP contribution in [0.25, 0.3) is 11.0 Å². The van der Waals surface area contributed by atoms with Crippen molar-refractivity contribution in [3.63, 3.8) is 0 Å². The van der Waals surface area contributed by atoms with Gasteiger partial charge in [-0.3, -0.25) is 4.79 Å². The number of aromatic nitrogens is 2. The summed E-state index contributed by atoms with van der Waals surface area (Å²) in [5.74, 6) is 2.00. The van der Waals surface area contributed by atoms with Crippen LogP contribution in [0.15, 0.2) is 71.4 Å². The second-order valence-corrected chi connectivity index (χ2v) is 6.32. The van der Waals surface area contributed by atoms with Gasteiger partial charge in [-0.05, 0) is 36.4 Å². The second-order valence-electron chi connectivity index (χ2n) is 6.32. The van der Waals surface area contributed by atoms with Crippen molar-refractivity contribution in [2.45, 2.75) is 20.0 Å². The Balaban J connectivity index is 0.00000210. The number of ketones is 1. The Kier molecular flexibility index (Phi) is 5.46. The van der Waals surface area contributed by atoms with Crippen LogP contribution in [0.3, 0.4) is 0 Å². The van der Waals surface area contributed by atoms with Crippen molar-refractivity contribution in [2.24, 2.45) is 0 Å². The molecule has 0 aliphatic rings. The van der Waals surface area contributed by atoms with E-state index in [0.29, 0.717) is 12.1 Å². The molecule has 0 spiro atoms. The Morgan fingerprint density at radius 2 is 1.89 bits per heavy atom. The van der Waals surface area contributed by atoms with Gasteiger partial charge in [0.15, 0.2) is 6.54 Å². The molecule has 5 nitrogen and oxygen atoms in total. The van der Waals surface area contributed by atoms with Gasteiger partial charge in [0.2, 0.25) is 5.78 Å². The third-order valence-electron chi connectivity index (χ3n) is 4.56. The minimum absolute atomic E-state index is 0. The number of phenols is 1. The highest BCUT2D eigenvalue weighted by atomic mass is 79.9. The molecule has 0 unspecified atom stereocenters. The van der Waals surface area contributed by atoms with Crippen LogP contribution in [0.1, 0.15) is 21.9 Å². The van der Waals surface area contributed by atoms with Crippen molar-refractivity contribution < 1.29 is 35.9 Å². The third kappa shape index (κ3) is 3.95. The van der Waals surface area contributed by atoms with Crippen LogP contribution in [0, 0.1) is 6.92 Å². The fourth-order valence-electron chi connectivity index (χ4n) is 3.05. The van der Waals surface area contributed by atoms with Gasteiger partial charge in [-0.2, -0.15) is 0 Å². The van der Waals surface area contributed by atoms with Gasteiger partial charge in [0.05, 0.1) is 0 Å². The molecule has 4 rings (SSSR count). The molecular formula is C21H19BrN2O3. The summed E-state index contributed by atoms with van der Waals surface area (Å²) in [5, 5.41) is 10.4. The average molecular weight is 427 g/mol. The van der Waals surface area contributed by atoms with Gasteiger partial charge in [-0.1, -0.05) is 18.2 Å². The van der Waals surface area contributed by atoms with Gasteiger partial charge < -0.3 is 26.5 Å². The molecule has 6 heteroatoms. The quantitative estimate of drug-likeness (QED) is 0.372. The van der Waals surface area contributed by atoms with Crippen molar-refractivity contribution in [1.29, 1.82) is 0 Å². The van der Waals surface area contributed by atoms with Crippen LogP contribution in [0.5, 0.6) is 5.75 Å². The number of nitrogens with zero attached hydrogens (tertiary/aromatic N) is 2. The molecule has 2 heterocycles. The molecule has 1 N–H and O–H groups in total. The summed E-state index contributed by atoms with van der Waals surface area (Å²) >= 11 is 0. The summed E-state index contributed by atoms with van der Waals surface area (Å²) in [6.07, 6.45) is 3.85. The van der Waals surface area contributed by atoms with Crippen LogP contribution in [0.2, 0.25) is 0 Å². The maximum atomic E-state index is 12.4. The van der Waals surface area contributed by atoms with Crippen molar-refractivity contribution in [2.75, 3.05) is 0 Å². The smallest absolute Gasteiger partial charge is 0.254 e. The molecule has 0 atom stereocenters. The highest BCUT2D eigenvalue weighted by Crippen LogP contribution is 2.19. The van der Waals surface area contributed by atoms with E-state index in [0.717, 1.165) is 22.6 Å². The lowest BCUT2D eigenvalue weighted by Gasteiger charge is -2.01. The highest BCUT2D eigenvalue weighted by Gasteiger charge is 2.18. The molecule has 0 aliphatic heterocycles.